The fraction of sp³-hybridized carbons (Fsp3) is 0.500. The van der Waals surface area contributed by atoms with Gasteiger partial charge in [0, 0.05) is 12.6 Å². The molecule has 4 N–H and O–H groups in total. The number of amidine groups is 1. The van der Waals surface area contributed by atoms with Crippen LogP contribution < -0.4 is 11.2 Å². The quantitative estimate of drug-likeness (QED) is 0.385. The average Bonchev–Trinajstić information content (AvgIpc) is 2.57. The number of halogens is 2. The number of nitrogens with one attached hydrogen (secondary N) is 1. The van der Waals surface area contributed by atoms with Crippen molar-refractivity contribution in [3.63, 3.8) is 0 Å². The number of carbonyl (C=O) groups excluding carboxylic acids is 1. The molecule has 1 rings (SSSR count). The van der Waals surface area contributed by atoms with Gasteiger partial charge in [0.05, 0.1) is 11.2 Å². The number of nitrogens with two attached hydrogens (primary N) is 1. The number of benzene rings is 1. The van der Waals surface area contributed by atoms with E-state index in [9.17, 15) is 23.5 Å². The number of rotatable bonds is 6. The van der Waals surface area contributed by atoms with Crippen LogP contribution in [0.25, 0.3) is 0 Å². The summed E-state index contributed by atoms with van der Waals surface area (Å²) < 4.78 is 32.4. The van der Waals surface area contributed by atoms with Gasteiger partial charge in [-0.25, -0.2) is 19.0 Å². The fourth-order valence-electron chi connectivity index (χ4n) is 2.57. The van der Waals surface area contributed by atoms with Crippen LogP contribution in [0, 0.1) is 11.6 Å². The summed E-state index contributed by atoms with van der Waals surface area (Å²) in [5, 5.41) is 13.2. The van der Waals surface area contributed by atoms with Crippen molar-refractivity contribution in [3.05, 3.63) is 35.4 Å². The molecule has 0 spiro atoms. The van der Waals surface area contributed by atoms with E-state index in [0.29, 0.717) is 0 Å². The lowest BCUT2D eigenvalue weighted by molar-refractivity contribution is -0.140. The van der Waals surface area contributed by atoms with E-state index in [1.54, 1.807) is 20.8 Å². The molecule has 0 saturated carbocycles. The Bertz CT molecular complexity index is 775. The van der Waals surface area contributed by atoms with Crippen LogP contribution in [0.15, 0.2) is 23.3 Å². The molecule has 0 aromatic heterocycles. The normalized spacial score (nSPS) is 13.8. The Balaban J connectivity index is 3.27. The first kappa shape index (κ1) is 23.3. The molecule has 156 valence electrons. The Morgan fingerprint density at radius 2 is 1.82 bits per heavy atom. The minimum atomic E-state index is -1.34. The van der Waals surface area contributed by atoms with Gasteiger partial charge in [0.15, 0.2) is 5.84 Å². The lowest BCUT2D eigenvalue weighted by Gasteiger charge is -2.44. The molecule has 0 bridgehead atoms. The first-order chi connectivity index (χ1) is 12.7. The molecule has 1 atom stereocenters. The van der Waals surface area contributed by atoms with Crippen molar-refractivity contribution in [2.45, 2.75) is 51.8 Å². The number of hydrogen-bond acceptors (Lipinski definition) is 4. The van der Waals surface area contributed by atoms with E-state index in [4.69, 9.17) is 10.5 Å². The van der Waals surface area contributed by atoms with Crippen LogP contribution in [-0.2, 0) is 9.53 Å². The highest BCUT2D eigenvalue weighted by atomic mass is 19.1. The molecule has 28 heavy (non-hydrogen) atoms. The Labute approximate surface area is 162 Å². The van der Waals surface area contributed by atoms with Crippen LogP contribution in [0.4, 0.5) is 13.6 Å². The second-order valence-electron chi connectivity index (χ2n) is 7.63. The topological polar surface area (TPSA) is 117 Å². The molecule has 0 saturated heterocycles. The van der Waals surface area contributed by atoms with Crippen molar-refractivity contribution >= 4 is 17.8 Å². The summed E-state index contributed by atoms with van der Waals surface area (Å²) in [5.74, 6) is -2.88. The number of carboxylic acid groups (broad SMARTS) is 1. The highest BCUT2D eigenvalue weighted by Gasteiger charge is 2.46. The van der Waals surface area contributed by atoms with Crippen LogP contribution in [-0.4, -0.2) is 52.1 Å². The van der Waals surface area contributed by atoms with Gasteiger partial charge in [0.1, 0.15) is 17.7 Å². The largest absolute Gasteiger partial charge is 0.465 e. The number of carbonyl (C=O) groups is 2. The van der Waals surface area contributed by atoms with E-state index < -0.39 is 46.7 Å². The van der Waals surface area contributed by atoms with Gasteiger partial charge in [-0.15, -0.1) is 0 Å². The van der Waals surface area contributed by atoms with Gasteiger partial charge >= 0.3 is 6.09 Å². The predicted octanol–water partition coefficient (Wildman–Crippen LogP) is 2.27. The monoisotopic (exact) mass is 400 g/mol. The number of ether oxygens (including phenoxy) is 1. The Morgan fingerprint density at radius 3 is 2.29 bits per heavy atom. The highest BCUT2D eigenvalue weighted by molar-refractivity contribution is 5.98. The molecule has 0 aliphatic heterocycles. The zero-order valence-electron chi connectivity index (χ0n) is 16.7. The molecule has 10 heteroatoms. The molecule has 0 radical (unpaired) electrons. The number of hydrazone groups is 1. The first-order valence-electron chi connectivity index (χ1n) is 8.38. The molecule has 0 heterocycles. The van der Waals surface area contributed by atoms with Gasteiger partial charge in [0.2, 0.25) is 0 Å². The summed E-state index contributed by atoms with van der Waals surface area (Å²) in [6.45, 7) is 7.93. The van der Waals surface area contributed by atoms with Crippen molar-refractivity contribution in [3.8, 4) is 0 Å². The molecule has 0 aliphatic rings. The van der Waals surface area contributed by atoms with E-state index in [1.807, 2.05) is 0 Å². The Morgan fingerprint density at radius 1 is 1.25 bits per heavy atom. The molecule has 0 aliphatic carbocycles. The maximum Gasteiger partial charge on any atom is 0.408 e. The second kappa shape index (κ2) is 8.51. The maximum atomic E-state index is 13.8. The smallest absolute Gasteiger partial charge is 0.408 e. The molecule has 0 unspecified atom stereocenters. The van der Waals surface area contributed by atoms with Crippen molar-refractivity contribution in [1.82, 2.24) is 10.3 Å². The minimum absolute atomic E-state index is 0.339. The molecule has 2 amide bonds. The van der Waals surface area contributed by atoms with Crippen LogP contribution >= 0.6 is 0 Å². The van der Waals surface area contributed by atoms with E-state index >= 15 is 0 Å². The van der Waals surface area contributed by atoms with E-state index in [0.717, 1.165) is 23.1 Å². The zero-order valence-corrected chi connectivity index (χ0v) is 16.7. The molecule has 1 aromatic rings. The van der Waals surface area contributed by atoms with Gasteiger partial charge in [-0.3, -0.25) is 9.69 Å². The molecule has 1 aromatic carbocycles. The highest BCUT2D eigenvalue weighted by Crippen LogP contribution is 2.27. The van der Waals surface area contributed by atoms with E-state index in [1.165, 1.54) is 21.0 Å². The summed E-state index contributed by atoms with van der Waals surface area (Å²) in [6, 6.07) is 1.30. The van der Waals surface area contributed by atoms with Gasteiger partial charge in [-0.1, -0.05) is 0 Å². The lowest BCUT2D eigenvalue weighted by Crippen LogP contribution is -2.64. The predicted molar refractivity (Wildman–Crippen MR) is 99.7 cm³/mol. The van der Waals surface area contributed by atoms with Crippen LogP contribution in [0.3, 0.4) is 0 Å². The molecular formula is C18H26F2N4O4. The van der Waals surface area contributed by atoms with E-state index in [2.05, 4.69) is 10.5 Å². The number of methoxy groups -OCH3 is 1. The maximum absolute atomic E-state index is 13.8. The third-order valence-corrected chi connectivity index (χ3v) is 4.11. The summed E-state index contributed by atoms with van der Waals surface area (Å²) >= 11 is 0. The first-order valence-corrected chi connectivity index (χ1v) is 8.38. The number of amides is 2. The Kier molecular flexibility index (Phi) is 7.08. The molecule has 0 fully saturated rings. The average molecular weight is 400 g/mol. The van der Waals surface area contributed by atoms with Gasteiger partial charge in [-0.05, 0) is 52.8 Å². The van der Waals surface area contributed by atoms with Crippen molar-refractivity contribution in [1.29, 1.82) is 0 Å². The molecular weight excluding hydrogens is 374 g/mol. The SMILES string of the molecule is COC(C)(C)[C@H](C(=O)NN=C(N)c1cc(F)ccc1F)N(C(=O)O)C(C)(C)C. The zero-order chi connectivity index (χ0) is 21.9. The number of hydrogen-bond donors (Lipinski definition) is 3. The summed E-state index contributed by atoms with van der Waals surface area (Å²) in [6.07, 6.45) is -1.34. The number of nitrogens with zero attached hydrogens (tertiary/aromatic N) is 2. The lowest BCUT2D eigenvalue weighted by atomic mass is 9.92. The molecule has 8 nitrogen and oxygen atoms in total. The Hall–Kier alpha value is -2.75. The summed E-state index contributed by atoms with van der Waals surface area (Å²) in [7, 11) is 1.34. The van der Waals surface area contributed by atoms with Gasteiger partial charge in [0.25, 0.3) is 5.91 Å². The third-order valence-electron chi connectivity index (χ3n) is 4.11. The van der Waals surface area contributed by atoms with Crippen LogP contribution in [0.1, 0.15) is 40.2 Å². The van der Waals surface area contributed by atoms with Crippen molar-refractivity contribution < 1.29 is 28.2 Å². The second-order valence-corrected chi connectivity index (χ2v) is 7.63. The van der Waals surface area contributed by atoms with E-state index in [-0.39, 0.29) is 5.56 Å². The summed E-state index contributed by atoms with van der Waals surface area (Å²) in [4.78, 5) is 25.6. The minimum Gasteiger partial charge on any atom is -0.465 e. The van der Waals surface area contributed by atoms with Gasteiger partial charge < -0.3 is 15.6 Å². The van der Waals surface area contributed by atoms with Crippen LogP contribution in [0.5, 0.6) is 0 Å². The summed E-state index contributed by atoms with van der Waals surface area (Å²) in [5.41, 5.74) is 5.25. The van der Waals surface area contributed by atoms with Crippen molar-refractivity contribution in [2.24, 2.45) is 10.8 Å². The fourth-order valence-corrected chi connectivity index (χ4v) is 2.57. The van der Waals surface area contributed by atoms with Gasteiger partial charge in [-0.2, -0.15) is 5.10 Å². The third kappa shape index (κ3) is 5.38. The standard InChI is InChI=1S/C18H26F2N4O4/c1-17(2,3)24(16(26)27)13(18(4,5)28-6)15(25)23-22-14(21)11-9-10(19)7-8-12(11)20/h7-9,13H,1-6H3,(H2,21,22)(H,23,25)(H,26,27)/t13-/m0/s1. The van der Waals surface area contributed by atoms with Crippen molar-refractivity contribution in [2.75, 3.05) is 7.11 Å². The van der Waals surface area contributed by atoms with Crippen LogP contribution in [0.2, 0.25) is 0 Å².